The number of ether oxygens (including phenoxy) is 3. The van der Waals surface area contributed by atoms with Crippen molar-refractivity contribution in [3.63, 3.8) is 0 Å². The van der Waals surface area contributed by atoms with Crippen molar-refractivity contribution in [3.8, 4) is 23.0 Å². The molecule has 0 saturated carbocycles. The molecule has 6 nitrogen and oxygen atoms in total. The molecule has 0 unspecified atom stereocenters. The lowest BCUT2D eigenvalue weighted by Crippen LogP contribution is -2.13. The maximum Gasteiger partial charge on any atom is 0.261 e. The van der Waals surface area contributed by atoms with E-state index in [2.05, 4.69) is 4.72 Å². The Bertz CT molecular complexity index is 1050. The molecular formula is C21H21NO5S. The smallest absolute Gasteiger partial charge is 0.261 e. The van der Waals surface area contributed by atoms with Gasteiger partial charge in [0.2, 0.25) is 0 Å². The molecule has 3 aromatic carbocycles. The van der Waals surface area contributed by atoms with Gasteiger partial charge in [-0.25, -0.2) is 8.42 Å². The molecule has 0 aromatic heterocycles. The van der Waals surface area contributed by atoms with Gasteiger partial charge < -0.3 is 14.2 Å². The zero-order valence-corrected chi connectivity index (χ0v) is 16.6. The number of benzene rings is 3. The second-order valence-corrected chi connectivity index (χ2v) is 7.74. The maximum atomic E-state index is 12.6. The Morgan fingerprint density at radius 1 is 0.750 bits per heavy atom. The molecule has 7 heteroatoms. The van der Waals surface area contributed by atoms with Crippen molar-refractivity contribution in [2.24, 2.45) is 0 Å². The van der Waals surface area contributed by atoms with Gasteiger partial charge in [-0.3, -0.25) is 4.72 Å². The molecule has 0 radical (unpaired) electrons. The van der Waals surface area contributed by atoms with E-state index < -0.39 is 10.0 Å². The van der Waals surface area contributed by atoms with Gasteiger partial charge in [0.15, 0.2) is 11.5 Å². The van der Waals surface area contributed by atoms with Crippen molar-refractivity contribution in [3.05, 3.63) is 72.3 Å². The fourth-order valence-electron chi connectivity index (χ4n) is 2.52. The lowest BCUT2D eigenvalue weighted by atomic mass is 10.2. The summed E-state index contributed by atoms with van der Waals surface area (Å²) in [6, 6.07) is 18.5. The molecule has 0 saturated heterocycles. The zero-order valence-electron chi connectivity index (χ0n) is 15.8. The first kappa shape index (κ1) is 19.6. The first-order valence-electron chi connectivity index (χ1n) is 8.51. The molecular weight excluding hydrogens is 378 g/mol. The first-order chi connectivity index (χ1) is 13.4. The molecule has 0 amide bonds. The van der Waals surface area contributed by atoms with Crippen molar-refractivity contribution in [1.29, 1.82) is 0 Å². The number of aryl methyl sites for hydroxylation is 1. The number of nitrogens with one attached hydrogen (secondary N) is 1. The number of sulfonamides is 1. The summed E-state index contributed by atoms with van der Waals surface area (Å²) in [7, 11) is -0.605. The highest BCUT2D eigenvalue weighted by molar-refractivity contribution is 7.92. The normalized spacial score (nSPS) is 11.0. The topological polar surface area (TPSA) is 73.9 Å². The van der Waals surface area contributed by atoms with Crippen LogP contribution in [0.4, 0.5) is 5.69 Å². The second-order valence-electron chi connectivity index (χ2n) is 6.06. The van der Waals surface area contributed by atoms with E-state index in [1.54, 1.807) is 73.8 Å². The minimum Gasteiger partial charge on any atom is -0.497 e. The van der Waals surface area contributed by atoms with Gasteiger partial charge in [0.25, 0.3) is 10.0 Å². The summed E-state index contributed by atoms with van der Waals surface area (Å²) in [6.45, 7) is 1.90. The minimum absolute atomic E-state index is 0.187. The number of rotatable bonds is 7. The molecule has 0 spiro atoms. The van der Waals surface area contributed by atoms with Gasteiger partial charge in [0.05, 0.1) is 24.8 Å². The highest BCUT2D eigenvalue weighted by atomic mass is 32.2. The van der Waals surface area contributed by atoms with Gasteiger partial charge >= 0.3 is 0 Å². The van der Waals surface area contributed by atoms with Gasteiger partial charge in [-0.1, -0.05) is 17.7 Å². The summed E-state index contributed by atoms with van der Waals surface area (Å²) in [5.41, 5.74) is 1.35. The molecule has 0 bridgehead atoms. The predicted molar refractivity (Wildman–Crippen MR) is 108 cm³/mol. The Hall–Kier alpha value is -3.19. The second kappa shape index (κ2) is 8.22. The van der Waals surface area contributed by atoms with Crippen LogP contribution in [-0.2, 0) is 10.0 Å². The molecule has 0 aliphatic carbocycles. The first-order valence-corrected chi connectivity index (χ1v) is 9.99. The van der Waals surface area contributed by atoms with Crippen LogP contribution in [0.2, 0.25) is 0 Å². The van der Waals surface area contributed by atoms with Crippen LogP contribution < -0.4 is 18.9 Å². The van der Waals surface area contributed by atoms with E-state index in [0.29, 0.717) is 28.7 Å². The van der Waals surface area contributed by atoms with Crippen LogP contribution in [0.1, 0.15) is 5.56 Å². The fourth-order valence-corrected chi connectivity index (χ4v) is 3.57. The molecule has 0 heterocycles. The van der Waals surface area contributed by atoms with Crippen LogP contribution in [0.15, 0.2) is 71.6 Å². The van der Waals surface area contributed by atoms with E-state index in [-0.39, 0.29) is 4.90 Å². The summed E-state index contributed by atoms with van der Waals surface area (Å²) < 4.78 is 44.1. The van der Waals surface area contributed by atoms with Crippen molar-refractivity contribution in [1.82, 2.24) is 0 Å². The Labute approximate surface area is 164 Å². The van der Waals surface area contributed by atoms with E-state index >= 15 is 0 Å². The third-order valence-electron chi connectivity index (χ3n) is 4.03. The zero-order chi connectivity index (χ0) is 20.1. The van der Waals surface area contributed by atoms with Crippen molar-refractivity contribution < 1.29 is 22.6 Å². The Morgan fingerprint density at radius 2 is 1.39 bits per heavy atom. The summed E-state index contributed by atoms with van der Waals surface area (Å²) >= 11 is 0. The Kier molecular flexibility index (Phi) is 5.75. The molecule has 0 atom stereocenters. The van der Waals surface area contributed by atoms with Crippen LogP contribution in [0.5, 0.6) is 23.0 Å². The maximum absolute atomic E-state index is 12.6. The van der Waals surface area contributed by atoms with Gasteiger partial charge in [-0.2, -0.15) is 0 Å². The number of hydrogen-bond acceptors (Lipinski definition) is 5. The Morgan fingerprint density at radius 3 is 2.00 bits per heavy atom. The fraction of sp³-hybridized carbons (Fsp3) is 0.143. The highest BCUT2D eigenvalue weighted by Gasteiger charge is 2.16. The van der Waals surface area contributed by atoms with Crippen molar-refractivity contribution in [2.75, 3.05) is 18.9 Å². The minimum atomic E-state index is -3.71. The largest absolute Gasteiger partial charge is 0.497 e. The van der Waals surface area contributed by atoms with E-state index in [4.69, 9.17) is 14.2 Å². The van der Waals surface area contributed by atoms with Crippen molar-refractivity contribution >= 4 is 15.7 Å². The van der Waals surface area contributed by atoms with Gasteiger partial charge in [0, 0.05) is 6.07 Å². The molecule has 0 fully saturated rings. The average molecular weight is 399 g/mol. The van der Waals surface area contributed by atoms with Gasteiger partial charge in [-0.15, -0.1) is 0 Å². The number of hydrogen-bond donors (Lipinski definition) is 1. The van der Waals surface area contributed by atoms with E-state index in [9.17, 15) is 8.42 Å². The molecule has 3 rings (SSSR count). The van der Waals surface area contributed by atoms with E-state index in [1.807, 2.05) is 6.92 Å². The van der Waals surface area contributed by atoms with Crippen LogP contribution in [0.25, 0.3) is 0 Å². The lowest BCUT2D eigenvalue weighted by molar-refractivity contribution is 0.378. The van der Waals surface area contributed by atoms with Crippen LogP contribution in [0, 0.1) is 6.92 Å². The average Bonchev–Trinajstić information content (AvgIpc) is 2.69. The lowest BCUT2D eigenvalue weighted by Gasteiger charge is -2.14. The molecule has 146 valence electrons. The highest BCUT2D eigenvalue weighted by Crippen LogP contribution is 2.35. The molecule has 0 aliphatic rings. The standard InChI is InChI=1S/C21H21NO5S/c1-15-4-11-19(12-5-15)28(23,24)22-16-6-13-20(26-3)21(14-16)27-18-9-7-17(25-2)8-10-18/h4-14,22H,1-3H3. The summed E-state index contributed by atoms with van der Waals surface area (Å²) in [4.78, 5) is 0.187. The number of methoxy groups -OCH3 is 2. The van der Waals surface area contributed by atoms with E-state index in [0.717, 1.165) is 5.56 Å². The van der Waals surface area contributed by atoms with Crippen LogP contribution in [0.3, 0.4) is 0 Å². The SMILES string of the molecule is COc1ccc(Oc2cc(NS(=O)(=O)c3ccc(C)cc3)ccc2OC)cc1. The van der Waals surface area contributed by atoms with Crippen LogP contribution in [-0.4, -0.2) is 22.6 Å². The van der Waals surface area contributed by atoms with Crippen LogP contribution >= 0.6 is 0 Å². The molecule has 0 aliphatic heterocycles. The molecule has 1 N–H and O–H groups in total. The third-order valence-corrected chi connectivity index (χ3v) is 5.43. The van der Waals surface area contributed by atoms with E-state index in [1.165, 1.54) is 7.11 Å². The summed E-state index contributed by atoms with van der Waals surface area (Å²) in [6.07, 6.45) is 0. The third kappa shape index (κ3) is 4.55. The predicted octanol–water partition coefficient (Wildman–Crippen LogP) is 4.61. The quantitative estimate of drug-likeness (QED) is 0.628. The van der Waals surface area contributed by atoms with Crippen molar-refractivity contribution in [2.45, 2.75) is 11.8 Å². The summed E-state index contributed by atoms with van der Waals surface area (Å²) in [5.74, 6) is 2.14. The monoisotopic (exact) mass is 399 g/mol. The Balaban J connectivity index is 1.86. The summed E-state index contributed by atoms with van der Waals surface area (Å²) in [5, 5.41) is 0. The number of anilines is 1. The van der Waals surface area contributed by atoms with Gasteiger partial charge in [-0.05, 0) is 55.5 Å². The molecule has 3 aromatic rings. The molecule has 28 heavy (non-hydrogen) atoms. The van der Waals surface area contributed by atoms with Gasteiger partial charge in [0.1, 0.15) is 11.5 Å².